The molecule has 0 aliphatic rings. The summed E-state index contributed by atoms with van der Waals surface area (Å²) in [5, 5.41) is 2.71. The number of alkyl halides is 3. The fourth-order valence-corrected chi connectivity index (χ4v) is 2.88. The van der Waals surface area contributed by atoms with E-state index in [1.54, 1.807) is 24.3 Å². The maximum Gasteiger partial charge on any atom is 0.417 e. The van der Waals surface area contributed by atoms with Gasteiger partial charge in [-0.15, -0.1) is 6.42 Å². The Labute approximate surface area is 164 Å². The zero-order chi connectivity index (χ0) is 20.7. The summed E-state index contributed by atoms with van der Waals surface area (Å²) in [5.41, 5.74) is 0.129. The van der Waals surface area contributed by atoms with E-state index in [4.69, 9.17) is 6.42 Å². The van der Waals surface area contributed by atoms with Gasteiger partial charge in [0.2, 0.25) is 11.8 Å². The van der Waals surface area contributed by atoms with Crippen LogP contribution < -0.4 is 10.2 Å². The number of carbonyl (C=O) groups is 2. The molecule has 0 bridgehead atoms. The lowest BCUT2D eigenvalue weighted by Gasteiger charge is -2.22. The smallest absolute Gasteiger partial charge is 0.358 e. The van der Waals surface area contributed by atoms with Crippen LogP contribution in [0.5, 0.6) is 0 Å². The fraction of sp³-hybridized carbons (Fsp3) is 0.211. The number of hydrogen-bond donors (Lipinski definition) is 1. The molecule has 28 heavy (non-hydrogen) atoms. The highest BCUT2D eigenvalue weighted by atomic mass is 32.2. The maximum atomic E-state index is 12.7. The number of nitrogens with zero attached hydrogens (tertiary/aromatic N) is 2. The van der Waals surface area contributed by atoms with E-state index >= 15 is 0 Å². The first-order chi connectivity index (χ1) is 13.2. The zero-order valence-corrected chi connectivity index (χ0v) is 15.6. The minimum Gasteiger partial charge on any atom is -0.358 e. The molecule has 0 atom stereocenters. The lowest BCUT2D eigenvalue weighted by Crippen LogP contribution is -2.40. The van der Waals surface area contributed by atoms with Crippen LogP contribution in [0.2, 0.25) is 0 Å². The lowest BCUT2D eigenvalue weighted by molar-refractivity contribution is -0.137. The first-order valence-electron chi connectivity index (χ1n) is 7.98. The van der Waals surface area contributed by atoms with E-state index < -0.39 is 17.6 Å². The summed E-state index contributed by atoms with van der Waals surface area (Å²) < 4.78 is 37.8. The Hall–Kier alpha value is -2.99. The minimum absolute atomic E-state index is 0.115. The zero-order valence-electron chi connectivity index (χ0n) is 14.8. The Balaban J connectivity index is 2.14. The van der Waals surface area contributed by atoms with Crippen LogP contribution >= 0.6 is 11.8 Å². The summed E-state index contributed by atoms with van der Waals surface area (Å²) in [5.74, 6) is 1.55. The standard InChI is InChI=1S/C19H16F3N3O2S/c1-3-13-5-4-6-15(9-13)25(11-16(26)23-2)18(27)12-28-17-8-7-14(10-24-17)19(20,21)22/h1,4-10H,11-12H2,2H3,(H,23,26). The van der Waals surface area contributed by atoms with Gasteiger partial charge < -0.3 is 10.2 Å². The van der Waals surface area contributed by atoms with E-state index in [1.807, 2.05) is 0 Å². The lowest BCUT2D eigenvalue weighted by atomic mass is 10.2. The van der Waals surface area contributed by atoms with Crippen molar-refractivity contribution in [3.63, 3.8) is 0 Å². The molecule has 1 aromatic heterocycles. The van der Waals surface area contributed by atoms with Gasteiger partial charge in [-0.1, -0.05) is 23.7 Å². The molecule has 0 spiro atoms. The first kappa shape index (κ1) is 21.3. The molecule has 0 aliphatic carbocycles. The first-order valence-corrected chi connectivity index (χ1v) is 8.97. The van der Waals surface area contributed by atoms with Crippen LogP contribution in [0.4, 0.5) is 18.9 Å². The van der Waals surface area contributed by atoms with E-state index in [2.05, 4.69) is 16.2 Å². The number of amides is 2. The average Bonchev–Trinajstić information content (AvgIpc) is 2.69. The monoisotopic (exact) mass is 407 g/mol. The molecule has 0 saturated heterocycles. The van der Waals surface area contributed by atoms with Crippen LogP contribution in [-0.4, -0.2) is 36.1 Å². The van der Waals surface area contributed by atoms with E-state index in [0.29, 0.717) is 17.4 Å². The number of aromatic nitrogens is 1. The van der Waals surface area contributed by atoms with E-state index in [-0.39, 0.29) is 23.2 Å². The van der Waals surface area contributed by atoms with Gasteiger partial charge in [0.25, 0.3) is 0 Å². The second-order valence-corrected chi connectivity index (χ2v) is 6.51. The molecule has 2 amide bonds. The molecule has 1 N–H and O–H groups in total. The van der Waals surface area contributed by atoms with E-state index in [9.17, 15) is 22.8 Å². The predicted octanol–water partition coefficient (Wildman–Crippen LogP) is 2.95. The maximum absolute atomic E-state index is 12.7. The Morgan fingerprint density at radius 3 is 2.61 bits per heavy atom. The molecule has 5 nitrogen and oxygen atoms in total. The topological polar surface area (TPSA) is 62.3 Å². The summed E-state index contributed by atoms with van der Waals surface area (Å²) in [4.78, 5) is 29.4. The van der Waals surface area contributed by atoms with Crippen LogP contribution in [0.25, 0.3) is 0 Å². The van der Waals surface area contributed by atoms with Gasteiger partial charge in [0.1, 0.15) is 6.54 Å². The molecular weight excluding hydrogens is 391 g/mol. The Morgan fingerprint density at radius 2 is 2.04 bits per heavy atom. The van der Waals surface area contributed by atoms with Crippen LogP contribution in [-0.2, 0) is 15.8 Å². The van der Waals surface area contributed by atoms with Gasteiger partial charge in [0, 0.05) is 24.5 Å². The van der Waals surface area contributed by atoms with Crippen LogP contribution in [0.15, 0.2) is 47.6 Å². The molecule has 146 valence electrons. The SMILES string of the molecule is C#Cc1cccc(N(CC(=O)NC)C(=O)CSc2ccc(C(F)(F)F)cn2)c1. The highest BCUT2D eigenvalue weighted by Gasteiger charge is 2.30. The van der Waals surface area contributed by atoms with Gasteiger partial charge in [-0.2, -0.15) is 13.2 Å². The van der Waals surface area contributed by atoms with E-state index in [1.165, 1.54) is 18.0 Å². The van der Waals surface area contributed by atoms with Crippen molar-refractivity contribution in [3.05, 3.63) is 53.7 Å². The number of nitrogens with one attached hydrogen (secondary N) is 1. The minimum atomic E-state index is -4.47. The summed E-state index contributed by atoms with van der Waals surface area (Å²) >= 11 is 0.974. The number of benzene rings is 1. The van der Waals surface area contributed by atoms with Gasteiger partial charge in [-0.25, -0.2) is 4.98 Å². The van der Waals surface area contributed by atoms with Crippen molar-refractivity contribution in [3.8, 4) is 12.3 Å². The normalized spacial score (nSPS) is 10.8. The average molecular weight is 407 g/mol. The molecule has 1 aromatic carbocycles. The van der Waals surface area contributed by atoms with Gasteiger partial charge in [-0.05, 0) is 30.3 Å². The third-order valence-electron chi connectivity index (χ3n) is 3.61. The van der Waals surface area contributed by atoms with E-state index in [0.717, 1.165) is 17.8 Å². The molecule has 1 heterocycles. The molecule has 0 saturated carbocycles. The van der Waals surface area contributed by atoms with Gasteiger partial charge in [0.05, 0.1) is 16.3 Å². The Morgan fingerprint density at radius 1 is 1.29 bits per heavy atom. The van der Waals surface area contributed by atoms with Gasteiger partial charge in [0.15, 0.2) is 0 Å². The van der Waals surface area contributed by atoms with Crippen molar-refractivity contribution in [1.82, 2.24) is 10.3 Å². The molecule has 0 radical (unpaired) electrons. The number of anilines is 1. The number of carbonyl (C=O) groups excluding carboxylic acids is 2. The summed E-state index contributed by atoms with van der Waals surface area (Å²) in [6.45, 7) is -0.218. The Bertz CT molecular complexity index is 893. The number of likely N-dealkylation sites (N-methyl/N-ethyl adjacent to an activating group) is 1. The van der Waals surface area contributed by atoms with Crippen molar-refractivity contribution >= 4 is 29.3 Å². The summed E-state index contributed by atoms with van der Waals surface area (Å²) in [6, 6.07) is 8.69. The summed E-state index contributed by atoms with van der Waals surface area (Å²) in [7, 11) is 1.45. The number of thioether (sulfide) groups is 1. The number of halogens is 3. The molecule has 9 heteroatoms. The van der Waals surface area contributed by atoms with Crippen LogP contribution in [0.1, 0.15) is 11.1 Å². The fourth-order valence-electron chi connectivity index (χ4n) is 2.16. The molecule has 0 fully saturated rings. The molecule has 2 aromatic rings. The van der Waals surface area contributed by atoms with Crippen molar-refractivity contribution in [2.75, 3.05) is 24.2 Å². The van der Waals surface area contributed by atoms with Crippen molar-refractivity contribution in [2.24, 2.45) is 0 Å². The largest absolute Gasteiger partial charge is 0.417 e. The molecule has 0 unspecified atom stereocenters. The molecule has 2 rings (SSSR count). The van der Waals surface area contributed by atoms with Gasteiger partial charge >= 0.3 is 6.18 Å². The highest BCUT2D eigenvalue weighted by molar-refractivity contribution is 7.99. The highest BCUT2D eigenvalue weighted by Crippen LogP contribution is 2.29. The number of terminal acetylenes is 1. The van der Waals surface area contributed by atoms with Crippen LogP contribution in [0.3, 0.4) is 0 Å². The second-order valence-electron chi connectivity index (χ2n) is 5.52. The van der Waals surface area contributed by atoms with Crippen molar-refractivity contribution in [2.45, 2.75) is 11.2 Å². The number of pyridine rings is 1. The second kappa shape index (κ2) is 9.28. The van der Waals surface area contributed by atoms with Crippen molar-refractivity contribution < 1.29 is 22.8 Å². The quantitative estimate of drug-likeness (QED) is 0.591. The molecular formula is C19H16F3N3O2S. The predicted molar refractivity (Wildman–Crippen MR) is 101 cm³/mol. The number of rotatable bonds is 6. The third kappa shape index (κ3) is 5.76. The molecule has 0 aliphatic heterocycles. The Kier molecular flexibility index (Phi) is 7.06. The van der Waals surface area contributed by atoms with Gasteiger partial charge in [-0.3, -0.25) is 9.59 Å². The third-order valence-corrected chi connectivity index (χ3v) is 4.54. The summed E-state index contributed by atoms with van der Waals surface area (Å²) in [6.07, 6.45) is 1.61. The van der Waals surface area contributed by atoms with Crippen LogP contribution in [0, 0.1) is 12.3 Å². The van der Waals surface area contributed by atoms with Crippen molar-refractivity contribution in [1.29, 1.82) is 0 Å². The number of hydrogen-bond acceptors (Lipinski definition) is 4.